The molecule has 0 aliphatic heterocycles. The fourth-order valence-corrected chi connectivity index (χ4v) is 1.69. The number of rotatable bonds is 0. The average Bonchev–Trinajstić information content (AvgIpc) is 2.54. The second kappa shape index (κ2) is 2.88. The SMILES string of the molecule is O=c1nccnc2c1[nH]c1ccccc12. The first-order valence-corrected chi connectivity index (χ1v) is 4.58. The quantitative estimate of drug-likeness (QED) is 0.593. The third-order valence-electron chi connectivity index (χ3n) is 2.35. The van der Waals surface area contributed by atoms with Crippen molar-refractivity contribution in [2.45, 2.75) is 0 Å². The number of nitrogens with one attached hydrogen (secondary N) is 1. The maximum absolute atomic E-state index is 11.6. The van der Waals surface area contributed by atoms with E-state index in [1.807, 2.05) is 24.3 Å². The van der Waals surface area contributed by atoms with Gasteiger partial charge in [0.2, 0.25) is 0 Å². The summed E-state index contributed by atoms with van der Waals surface area (Å²) < 4.78 is 0. The van der Waals surface area contributed by atoms with E-state index < -0.39 is 0 Å². The fourth-order valence-electron chi connectivity index (χ4n) is 1.69. The predicted molar refractivity (Wildman–Crippen MR) is 57.7 cm³/mol. The van der Waals surface area contributed by atoms with Crippen LogP contribution in [0.5, 0.6) is 0 Å². The highest BCUT2D eigenvalue weighted by Crippen LogP contribution is 2.19. The van der Waals surface area contributed by atoms with Crippen molar-refractivity contribution in [2.24, 2.45) is 0 Å². The number of fused-ring (bicyclic) bond motifs is 3. The maximum Gasteiger partial charge on any atom is 0.295 e. The zero-order chi connectivity index (χ0) is 10.3. The molecular formula is C11H7N3O. The van der Waals surface area contributed by atoms with E-state index >= 15 is 0 Å². The van der Waals surface area contributed by atoms with Gasteiger partial charge >= 0.3 is 0 Å². The summed E-state index contributed by atoms with van der Waals surface area (Å²) in [5.41, 5.74) is 1.76. The number of hydrogen-bond acceptors (Lipinski definition) is 3. The van der Waals surface area contributed by atoms with Crippen LogP contribution in [0.3, 0.4) is 0 Å². The molecule has 0 atom stereocenters. The average molecular weight is 197 g/mol. The summed E-state index contributed by atoms with van der Waals surface area (Å²) in [6.07, 6.45) is 2.94. The van der Waals surface area contributed by atoms with Gasteiger partial charge in [-0.2, -0.15) is 0 Å². The minimum atomic E-state index is -0.279. The first-order valence-electron chi connectivity index (χ1n) is 4.58. The van der Waals surface area contributed by atoms with E-state index in [2.05, 4.69) is 15.0 Å². The van der Waals surface area contributed by atoms with Crippen molar-refractivity contribution in [3.63, 3.8) is 0 Å². The lowest BCUT2D eigenvalue weighted by atomic mass is 10.2. The molecule has 0 amide bonds. The Morgan fingerprint density at radius 3 is 2.80 bits per heavy atom. The lowest BCUT2D eigenvalue weighted by Gasteiger charge is -1.85. The molecule has 4 heteroatoms. The van der Waals surface area contributed by atoms with Crippen molar-refractivity contribution < 1.29 is 0 Å². The molecule has 72 valence electrons. The molecule has 2 aromatic heterocycles. The molecule has 0 aliphatic rings. The molecule has 3 aromatic rings. The summed E-state index contributed by atoms with van der Waals surface area (Å²) in [6, 6.07) is 7.68. The van der Waals surface area contributed by atoms with Gasteiger partial charge in [0, 0.05) is 23.3 Å². The van der Waals surface area contributed by atoms with Gasteiger partial charge < -0.3 is 4.98 Å². The Balaban J connectivity index is 2.70. The third-order valence-corrected chi connectivity index (χ3v) is 2.35. The standard InChI is InChI=1S/C11H7N3O/c15-11-10-9(12-5-6-13-11)7-3-1-2-4-8(7)14-10/h1-6,14H. The van der Waals surface area contributed by atoms with Crippen LogP contribution >= 0.6 is 0 Å². The van der Waals surface area contributed by atoms with Crippen molar-refractivity contribution in [2.75, 3.05) is 0 Å². The highest BCUT2D eigenvalue weighted by molar-refractivity contribution is 6.04. The molecule has 0 fully saturated rings. The van der Waals surface area contributed by atoms with Gasteiger partial charge in [0.1, 0.15) is 11.0 Å². The van der Waals surface area contributed by atoms with Gasteiger partial charge in [0.05, 0.1) is 0 Å². The molecule has 0 unspecified atom stereocenters. The third kappa shape index (κ3) is 1.11. The lowest BCUT2D eigenvalue weighted by Crippen LogP contribution is -2.00. The van der Waals surface area contributed by atoms with Crippen LogP contribution < -0.4 is 5.56 Å². The smallest absolute Gasteiger partial charge is 0.295 e. The van der Waals surface area contributed by atoms with Crippen molar-refractivity contribution in [1.29, 1.82) is 0 Å². The molecule has 1 aromatic carbocycles. The second-order valence-corrected chi connectivity index (χ2v) is 3.26. The number of aromatic amines is 1. The fraction of sp³-hybridized carbons (Fsp3) is 0. The van der Waals surface area contributed by atoms with Gasteiger partial charge in [0.15, 0.2) is 0 Å². The Morgan fingerprint density at radius 1 is 1.07 bits per heavy atom. The van der Waals surface area contributed by atoms with Gasteiger partial charge in [-0.3, -0.25) is 9.78 Å². The van der Waals surface area contributed by atoms with Gasteiger partial charge in [0.25, 0.3) is 5.56 Å². The molecule has 0 saturated heterocycles. The molecule has 15 heavy (non-hydrogen) atoms. The van der Waals surface area contributed by atoms with Crippen LogP contribution in [-0.4, -0.2) is 15.0 Å². The summed E-state index contributed by atoms with van der Waals surface area (Å²) in [5.74, 6) is 0. The van der Waals surface area contributed by atoms with Gasteiger partial charge in [-0.25, -0.2) is 4.98 Å². The molecule has 0 saturated carbocycles. The van der Waals surface area contributed by atoms with Crippen LogP contribution in [0.15, 0.2) is 41.5 Å². The molecule has 0 aliphatic carbocycles. The van der Waals surface area contributed by atoms with Crippen LogP contribution in [0.4, 0.5) is 0 Å². The number of para-hydroxylation sites is 1. The summed E-state index contributed by atoms with van der Waals surface area (Å²) in [7, 11) is 0. The monoisotopic (exact) mass is 197 g/mol. The van der Waals surface area contributed by atoms with Crippen LogP contribution in [0.2, 0.25) is 0 Å². The first kappa shape index (κ1) is 8.11. The minimum absolute atomic E-state index is 0.279. The Bertz CT molecular complexity index is 703. The van der Waals surface area contributed by atoms with Gasteiger partial charge in [-0.05, 0) is 6.07 Å². The number of H-pyrrole nitrogens is 1. The molecule has 1 N–H and O–H groups in total. The van der Waals surface area contributed by atoms with Crippen LogP contribution in [-0.2, 0) is 0 Å². The van der Waals surface area contributed by atoms with Crippen LogP contribution in [0.25, 0.3) is 21.9 Å². The normalized spacial score (nSPS) is 10.9. The van der Waals surface area contributed by atoms with Crippen molar-refractivity contribution in [3.05, 3.63) is 47.0 Å². The first-order chi connectivity index (χ1) is 7.36. The van der Waals surface area contributed by atoms with Crippen molar-refractivity contribution in [1.82, 2.24) is 15.0 Å². The van der Waals surface area contributed by atoms with E-state index in [0.29, 0.717) is 11.0 Å². The van der Waals surface area contributed by atoms with E-state index in [9.17, 15) is 4.79 Å². The summed E-state index contributed by atoms with van der Waals surface area (Å²) in [5, 5.41) is 0.947. The van der Waals surface area contributed by atoms with Crippen molar-refractivity contribution in [3.8, 4) is 0 Å². The molecular weight excluding hydrogens is 190 g/mol. The van der Waals surface area contributed by atoms with E-state index in [1.165, 1.54) is 12.4 Å². The molecule has 0 bridgehead atoms. The molecule has 0 spiro atoms. The Labute approximate surface area is 84.6 Å². The number of nitrogens with zero attached hydrogens (tertiary/aromatic N) is 2. The second-order valence-electron chi connectivity index (χ2n) is 3.26. The Hall–Kier alpha value is -2.23. The number of aromatic nitrogens is 3. The zero-order valence-corrected chi connectivity index (χ0v) is 7.77. The summed E-state index contributed by atoms with van der Waals surface area (Å²) in [4.78, 5) is 22.5. The highest BCUT2D eigenvalue weighted by atomic mass is 16.1. The maximum atomic E-state index is 11.6. The van der Waals surface area contributed by atoms with E-state index in [-0.39, 0.29) is 5.56 Å². The van der Waals surface area contributed by atoms with E-state index in [0.717, 1.165) is 10.9 Å². The Morgan fingerprint density at radius 2 is 1.87 bits per heavy atom. The molecule has 0 radical (unpaired) electrons. The summed E-state index contributed by atoms with van der Waals surface area (Å²) >= 11 is 0. The van der Waals surface area contributed by atoms with Crippen LogP contribution in [0, 0.1) is 0 Å². The van der Waals surface area contributed by atoms with Crippen LogP contribution in [0.1, 0.15) is 0 Å². The lowest BCUT2D eigenvalue weighted by molar-refractivity contribution is 1.27. The minimum Gasteiger partial charge on any atom is -0.349 e. The molecule has 3 rings (SSSR count). The predicted octanol–water partition coefficient (Wildman–Crippen LogP) is 1.47. The number of hydrogen-bond donors (Lipinski definition) is 1. The largest absolute Gasteiger partial charge is 0.349 e. The molecule has 2 heterocycles. The van der Waals surface area contributed by atoms with Gasteiger partial charge in [-0.1, -0.05) is 18.2 Å². The topological polar surface area (TPSA) is 58.6 Å². The summed E-state index contributed by atoms with van der Waals surface area (Å²) in [6.45, 7) is 0. The van der Waals surface area contributed by atoms with Gasteiger partial charge in [-0.15, -0.1) is 0 Å². The zero-order valence-electron chi connectivity index (χ0n) is 7.77. The van der Waals surface area contributed by atoms with Crippen molar-refractivity contribution >= 4 is 21.9 Å². The molecule has 4 nitrogen and oxygen atoms in total. The van der Waals surface area contributed by atoms with E-state index in [1.54, 1.807) is 0 Å². The Kier molecular flexibility index (Phi) is 1.56. The highest BCUT2D eigenvalue weighted by Gasteiger charge is 2.05. The van der Waals surface area contributed by atoms with E-state index in [4.69, 9.17) is 0 Å². The number of benzene rings is 1.